The summed E-state index contributed by atoms with van der Waals surface area (Å²) >= 11 is 0. The van der Waals surface area contributed by atoms with Crippen LogP contribution in [0.2, 0.25) is 0 Å². The number of aryl methyl sites for hydroxylation is 1. The number of carbonyl (C=O) groups is 1. The third-order valence-corrected chi connectivity index (χ3v) is 3.76. The molecule has 0 aliphatic heterocycles. The predicted octanol–water partition coefficient (Wildman–Crippen LogP) is 2.46. The minimum absolute atomic E-state index is 0.0324. The van der Waals surface area contributed by atoms with E-state index >= 15 is 0 Å². The lowest BCUT2D eigenvalue weighted by molar-refractivity contribution is -0.122. The molecule has 2 aromatic carbocycles. The third-order valence-electron chi connectivity index (χ3n) is 3.76. The van der Waals surface area contributed by atoms with Gasteiger partial charge < -0.3 is 0 Å². The first-order chi connectivity index (χ1) is 12.7. The van der Waals surface area contributed by atoms with Gasteiger partial charge >= 0.3 is 0 Å². The largest absolute Gasteiger partial charge is 0.271 e. The molecule has 1 aromatic heterocycles. The number of nitrogens with zero attached hydrogens (tertiary/aromatic N) is 5. The Balaban J connectivity index is 1.48. The van der Waals surface area contributed by atoms with Crippen molar-refractivity contribution in [3.8, 4) is 11.4 Å². The Morgan fingerprint density at radius 1 is 1.08 bits per heavy atom. The molecule has 0 saturated carbocycles. The lowest BCUT2D eigenvalue weighted by Gasteiger charge is -2.03. The molecule has 26 heavy (non-hydrogen) atoms. The van der Waals surface area contributed by atoms with Crippen molar-refractivity contribution in [3.63, 3.8) is 0 Å². The van der Waals surface area contributed by atoms with Gasteiger partial charge in [0.1, 0.15) is 6.54 Å². The van der Waals surface area contributed by atoms with Gasteiger partial charge in [0.25, 0.3) is 5.91 Å². The molecule has 0 fully saturated rings. The number of benzene rings is 2. The molecule has 3 rings (SSSR count). The van der Waals surface area contributed by atoms with Crippen LogP contribution in [0.25, 0.3) is 11.4 Å². The highest BCUT2D eigenvalue weighted by atomic mass is 16.2. The first-order valence-electron chi connectivity index (χ1n) is 8.40. The van der Waals surface area contributed by atoms with Crippen LogP contribution in [0.4, 0.5) is 0 Å². The number of carbonyl (C=O) groups excluding carboxylic acids is 1. The first-order valence-corrected chi connectivity index (χ1v) is 8.40. The van der Waals surface area contributed by atoms with E-state index in [1.54, 1.807) is 0 Å². The molecule has 1 amide bonds. The number of hydrazone groups is 1. The lowest BCUT2D eigenvalue weighted by Crippen LogP contribution is -2.25. The highest BCUT2D eigenvalue weighted by Crippen LogP contribution is 2.11. The minimum Gasteiger partial charge on any atom is -0.271 e. The van der Waals surface area contributed by atoms with Gasteiger partial charge in [-0.15, -0.1) is 10.2 Å². The summed E-state index contributed by atoms with van der Waals surface area (Å²) in [5.41, 5.74) is 5.50. The Bertz CT molecular complexity index is 873. The third kappa shape index (κ3) is 5.07. The van der Waals surface area contributed by atoms with Crippen molar-refractivity contribution in [3.05, 3.63) is 66.2 Å². The average molecular weight is 348 g/mol. The van der Waals surface area contributed by atoms with Crippen LogP contribution in [-0.2, 0) is 17.8 Å². The van der Waals surface area contributed by atoms with E-state index in [9.17, 15) is 4.79 Å². The van der Waals surface area contributed by atoms with Gasteiger partial charge in [-0.25, -0.2) is 5.43 Å². The maximum atomic E-state index is 12.0. The fourth-order valence-corrected chi connectivity index (χ4v) is 2.36. The van der Waals surface area contributed by atoms with E-state index in [0.29, 0.717) is 5.82 Å². The van der Waals surface area contributed by atoms with Gasteiger partial charge in [-0.1, -0.05) is 60.7 Å². The van der Waals surface area contributed by atoms with E-state index in [1.807, 2.05) is 55.5 Å². The maximum Gasteiger partial charge on any atom is 0.263 e. The predicted molar refractivity (Wildman–Crippen MR) is 99.3 cm³/mol. The molecule has 7 nitrogen and oxygen atoms in total. The van der Waals surface area contributed by atoms with Crippen LogP contribution >= 0.6 is 0 Å². The van der Waals surface area contributed by atoms with E-state index in [4.69, 9.17) is 0 Å². The smallest absolute Gasteiger partial charge is 0.263 e. The number of hydrogen-bond acceptors (Lipinski definition) is 5. The number of nitrogens with one attached hydrogen (secondary N) is 1. The second kappa shape index (κ2) is 8.66. The van der Waals surface area contributed by atoms with Gasteiger partial charge in [-0.2, -0.15) is 9.90 Å². The second-order valence-electron chi connectivity index (χ2n) is 5.88. The fraction of sp³-hybridized carbons (Fsp3) is 0.211. The molecule has 7 heteroatoms. The van der Waals surface area contributed by atoms with Crippen molar-refractivity contribution in [1.82, 2.24) is 25.6 Å². The molecule has 0 saturated heterocycles. The quantitative estimate of drug-likeness (QED) is 0.525. The van der Waals surface area contributed by atoms with E-state index in [-0.39, 0.29) is 12.5 Å². The molecule has 0 unspecified atom stereocenters. The van der Waals surface area contributed by atoms with E-state index in [0.717, 1.165) is 24.1 Å². The number of amides is 1. The van der Waals surface area contributed by atoms with Crippen LogP contribution in [-0.4, -0.2) is 31.8 Å². The van der Waals surface area contributed by atoms with Crippen molar-refractivity contribution in [1.29, 1.82) is 0 Å². The van der Waals surface area contributed by atoms with E-state index < -0.39 is 0 Å². The van der Waals surface area contributed by atoms with Gasteiger partial charge in [-0.05, 0) is 30.5 Å². The summed E-state index contributed by atoms with van der Waals surface area (Å²) in [6.45, 7) is 1.86. The van der Waals surface area contributed by atoms with Crippen LogP contribution < -0.4 is 5.43 Å². The number of rotatable bonds is 7. The molecule has 0 aliphatic rings. The fourth-order valence-electron chi connectivity index (χ4n) is 2.36. The second-order valence-corrected chi connectivity index (χ2v) is 5.88. The summed E-state index contributed by atoms with van der Waals surface area (Å²) in [5.74, 6) is 0.196. The average Bonchev–Trinajstić information content (AvgIpc) is 3.15. The Morgan fingerprint density at radius 2 is 1.77 bits per heavy atom. The molecular formula is C19H20N6O. The normalized spacial score (nSPS) is 11.3. The molecule has 0 spiro atoms. The summed E-state index contributed by atoms with van der Waals surface area (Å²) < 4.78 is 0. The van der Waals surface area contributed by atoms with Gasteiger partial charge in [0.15, 0.2) is 0 Å². The van der Waals surface area contributed by atoms with Gasteiger partial charge in [0, 0.05) is 11.3 Å². The van der Waals surface area contributed by atoms with Crippen LogP contribution in [0.1, 0.15) is 18.9 Å². The standard InChI is InChI=1S/C19H20N6O/c1-15(12-13-16-8-4-2-5-9-16)20-21-18(26)14-25-23-19(22-24-25)17-10-6-3-7-11-17/h2-11H,12-14H2,1H3,(H,21,26)/b20-15-. The minimum atomic E-state index is -0.291. The Kier molecular flexibility index (Phi) is 5.82. The summed E-state index contributed by atoms with van der Waals surface area (Å²) in [5, 5.41) is 16.2. The highest BCUT2D eigenvalue weighted by Gasteiger charge is 2.08. The molecular weight excluding hydrogens is 328 g/mol. The zero-order chi connectivity index (χ0) is 18.2. The Morgan fingerprint density at radius 3 is 2.50 bits per heavy atom. The maximum absolute atomic E-state index is 12.0. The molecule has 3 aromatic rings. The van der Waals surface area contributed by atoms with Gasteiger partial charge in [0.05, 0.1) is 0 Å². The zero-order valence-corrected chi connectivity index (χ0v) is 14.5. The molecule has 132 valence electrons. The highest BCUT2D eigenvalue weighted by molar-refractivity contribution is 5.84. The topological polar surface area (TPSA) is 85.1 Å². The van der Waals surface area contributed by atoms with Gasteiger partial charge in [-0.3, -0.25) is 4.79 Å². The molecule has 0 radical (unpaired) electrons. The van der Waals surface area contributed by atoms with E-state index in [1.165, 1.54) is 10.4 Å². The zero-order valence-electron chi connectivity index (χ0n) is 14.5. The first kappa shape index (κ1) is 17.5. The van der Waals surface area contributed by atoms with Crippen molar-refractivity contribution in [2.75, 3.05) is 0 Å². The lowest BCUT2D eigenvalue weighted by atomic mass is 10.1. The molecule has 0 atom stereocenters. The molecule has 0 aliphatic carbocycles. The Labute approximate surface area is 151 Å². The molecule has 1 heterocycles. The SMILES string of the molecule is C/C(CCc1ccccc1)=N/NC(=O)Cn1nnc(-c2ccccc2)n1. The number of tetrazole rings is 1. The van der Waals surface area contributed by atoms with Crippen molar-refractivity contribution in [2.24, 2.45) is 5.10 Å². The van der Waals surface area contributed by atoms with E-state index in [2.05, 4.69) is 38.1 Å². The van der Waals surface area contributed by atoms with Gasteiger partial charge in [0.2, 0.25) is 5.82 Å². The van der Waals surface area contributed by atoms with Crippen LogP contribution in [0, 0.1) is 0 Å². The summed E-state index contributed by atoms with van der Waals surface area (Å²) in [6.07, 6.45) is 1.67. The van der Waals surface area contributed by atoms with Crippen molar-refractivity contribution >= 4 is 11.6 Å². The number of hydrogen-bond donors (Lipinski definition) is 1. The molecule has 1 N–H and O–H groups in total. The van der Waals surface area contributed by atoms with Crippen LogP contribution in [0.3, 0.4) is 0 Å². The van der Waals surface area contributed by atoms with Crippen molar-refractivity contribution < 1.29 is 4.79 Å². The monoisotopic (exact) mass is 348 g/mol. The van der Waals surface area contributed by atoms with Crippen molar-refractivity contribution in [2.45, 2.75) is 26.3 Å². The molecule has 0 bridgehead atoms. The number of aromatic nitrogens is 4. The summed E-state index contributed by atoms with van der Waals surface area (Å²) in [7, 11) is 0. The summed E-state index contributed by atoms with van der Waals surface area (Å²) in [4.78, 5) is 13.2. The summed E-state index contributed by atoms with van der Waals surface area (Å²) in [6, 6.07) is 19.7. The van der Waals surface area contributed by atoms with Crippen LogP contribution in [0.5, 0.6) is 0 Å². The Hall–Kier alpha value is -3.35. The van der Waals surface area contributed by atoms with Crippen LogP contribution in [0.15, 0.2) is 65.8 Å².